The van der Waals surface area contributed by atoms with Gasteiger partial charge in [-0.05, 0) is 63.4 Å². The molecular weight excluding hydrogens is 354 g/mol. The van der Waals surface area contributed by atoms with Crippen LogP contribution in [0.5, 0.6) is 0 Å². The molecule has 0 spiro atoms. The lowest BCUT2D eigenvalue weighted by Gasteiger charge is -2.28. The molecule has 1 aromatic rings. The molecule has 6 heteroatoms. The van der Waals surface area contributed by atoms with Crippen molar-refractivity contribution < 1.29 is 14.3 Å². The minimum Gasteiger partial charge on any atom is -0.446 e. The van der Waals surface area contributed by atoms with Crippen LogP contribution >= 0.6 is 0 Å². The summed E-state index contributed by atoms with van der Waals surface area (Å²) in [7, 11) is 0. The molecule has 2 unspecified atom stereocenters. The predicted molar refractivity (Wildman–Crippen MR) is 111 cm³/mol. The van der Waals surface area contributed by atoms with Gasteiger partial charge in [0.05, 0.1) is 13.2 Å². The normalized spacial score (nSPS) is 26.6. The highest BCUT2D eigenvalue weighted by Gasteiger charge is 2.33. The number of carbonyl (C=O) groups is 1. The van der Waals surface area contributed by atoms with Gasteiger partial charge in [0.15, 0.2) is 0 Å². The first-order chi connectivity index (χ1) is 13.6. The Morgan fingerprint density at radius 2 is 2.00 bits per heavy atom. The van der Waals surface area contributed by atoms with E-state index in [1.807, 2.05) is 13.0 Å². The first-order valence-electron chi connectivity index (χ1n) is 10.8. The van der Waals surface area contributed by atoms with Crippen LogP contribution in [0, 0.1) is 6.92 Å². The van der Waals surface area contributed by atoms with Gasteiger partial charge < -0.3 is 14.4 Å². The molecule has 0 aliphatic carbocycles. The Bertz CT molecular complexity index is 690. The largest absolute Gasteiger partial charge is 0.446 e. The lowest BCUT2D eigenvalue weighted by atomic mass is 10.1. The number of nitrogens with zero attached hydrogens (tertiary/aromatic N) is 2. The minimum atomic E-state index is -0.369. The average molecular weight is 388 g/mol. The van der Waals surface area contributed by atoms with E-state index in [2.05, 4.69) is 34.2 Å². The molecule has 3 aliphatic heterocycles. The van der Waals surface area contributed by atoms with Crippen molar-refractivity contribution in [2.45, 2.75) is 64.1 Å². The van der Waals surface area contributed by atoms with E-state index in [-0.39, 0.29) is 12.2 Å². The molecule has 0 saturated carbocycles. The fraction of sp³-hybridized carbons (Fsp3) is 0.682. The topological polar surface area (TPSA) is 54.0 Å². The molecule has 3 fully saturated rings. The van der Waals surface area contributed by atoms with Crippen molar-refractivity contribution in [3.8, 4) is 0 Å². The average Bonchev–Trinajstić information content (AvgIpc) is 3.33. The molecule has 0 bridgehead atoms. The lowest BCUT2D eigenvalue weighted by molar-refractivity contribution is 0.00592. The van der Waals surface area contributed by atoms with Crippen LogP contribution in [0.15, 0.2) is 18.2 Å². The van der Waals surface area contributed by atoms with Gasteiger partial charge >= 0.3 is 6.09 Å². The van der Waals surface area contributed by atoms with Crippen molar-refractivity contribution in [2.24, 2.45) is 0 Å². The summed E-state index contributed by atoms with van der Waals surface area (Å²) in [6.07, 6.45) is 5.05. The Kier molecular flexibility index (Phi) is 6.07. The molecule has 6 nitrogen and oxygen atoms in total. The van der Waals surface area contributed by atoms with Crippen LogP contribution in [-0.2, 0) is 9.47 Å². The molecule has 3 aliphatic rings. The smallest absolute Gasteiger partial charge is 0.411 e. The third-order valence-electron chi connectivity index (χ3n) is 6.49. The van der Waals surface area contributed by atoms with Gasteiger partial charge in [-0.25, -0.2) is 4.79 Å². The number of rotatable bonds is 4. The van der Waals surface area contributed by atoms with E-state index in [1.54, 1.807) is 0 Å². The van der Waals surface area contributed by atoms with Crippen molar-refractivity contribution in [3.05, 3.63) is 23.8 Å². The molecule has 1 aromatic carbocycles. The zero-order valence-corrected chi connectivity index (χ0v) is 17.2. The number of carbonyl (C=O) groups excluding carboxylic acids is 1. The third kappa shape index (κ3) is 4.44. The molecular formula is C22H33N3O3. The van der Waals surface area contributed by atoms with E-state index >= 15 is 0 Å². The number of hydrogen-bond acceptors (Lipinski definition) is 5. The number of nitrogens with one attached hydrogen (secondary N) is 1. The number of ether oxygens (including phenoxy) is 2. The molecule has 0 radical (unpaired) electrons. The molecule has 0 aromatic heterocycles. The molecule has 28 heavy (non-hydrogen) atoms. The SMILES string of the molecule is Cc1cc(N2CCC(N3CCCC3C)C2)ccc1NC(=O)OC1CCOCC1. The summed E-state index contributed by atoms with van der Waals surface area (Å²) in [5.41, 5.74) is 3.14. The molecule has 2 atom stereocenters. The second-order valence-electron chi connectivity index (χ2n) is 8.46. The predicted octanol–water partition coefficient (Wildman–Crippen LogP) is 3.79. The standard InChI is InChI=1S/C22H33N3O3/c1-16-14-18(24-11-7-19(15-24)25-10-3-4-17(25)2)5-6-21(16)23-22(26)28-20-8-12-27-13-9-20/h5-6,14,17,19-20H,3-4,7-13,15H2,1-2H3,(H,23,26). The molecule has 3 saturated heterocycles. The van der Waals surface area contributed by atoms with E-state index in [4.69, 9.17) is 9.47 Å². The molecule has 154 valence electrons. The summed E-state index contributed by atoms with van der Waals surface area (Å²) in [5.74, 6) is 0. The molecule has 4 rings (SSSR count). The molecule has 1 amide bonds. The Labute approximate surface area is 168 Å². The summed E-state index contributed by atoms with van der Waals surface area (Å²) >= 11 is 0. The van der Waals surface area contributed by atoms with Gasteiger partial charge in [0.2, 0.25) is 0 Å². The van der Waals surface area contributed by atoms with Crippen LogP contribution in [0.25, 0.3) is 0 Å². The highest BCUT2D eigenvalue weighted by Crippen LogP contribution is 2.30. The second-order valence-corrected chi connectivity index (χ2v) is 8.46. The third-order valence-corrected chi connectivity index (χ3v) is 6.49. The van der Waals surface area contributed by atoms with Crippen LogP contribution in [0.4, 0.5) is 16.2 Å². The summed E-state index contributed by atoms with van der Waals surface area (Å²) in [5, 5.41) is 2.91. The van der Waals surface area contributed by atoms with Gasteiger partial charge in [-0.15, -0.1) is 0 Å². The number of aryl methyl sites for hydroxylation is 1. The van der Waals surface area contributed by atoms with Crippen LogP contribution in [0.3, 0.4) is 0 Å². The minimum absolute atomic E-state index is 0.0390. The number of amides is 1. The summed E-state index contributed by atoms with van der Waals surface area (Å²) < 4.78 is 10.8. The number of benzene rings is 1. The van der Waals surface area contributed by atoms with E-state index in [1.165, 1.54) is 31.5 Å². The Morgan fingerprint density at radius 3 is 2.71 bits per heavy atom. The first-order valence-corrected chi connectivity index (χ1v) is 10.8. The van der Waals surface area contributed by atoms with Crippen molar-refractivity contribution in [1.29, 1.82) is 0 Å². The maximum Gasteiger partial charge on any atom is 0.411 e. The number of hydrogen-bond donors (Lipinski definition) is 1. The zero-order valence-electron chi connectivity index (χ0n) is 17.2. The van der Waals surface area contributed by atoms with Gasteiger partial charge in [0.1, 0.15) is 6.10 Å². The summed E-state index contributed by atoms with van der Waals surface area (Å²) in [6, 6.07) is 7.69. The number of anilines is 2. The Hall–Kier alpha value is -1.79. The van der Waals surface area contributed by atoms with Gasteiger partial charge in [-0.2, -0.15) is 0 Å². The van der Waals surface area contributed by atoms with Crippen molar-refractivity contribution in [1.82, 2.24) is 4.90 Å². The van der Waals surface area contributed by atoms with E-state index in [0.717, 1.165) is 43.2 Å². The van der Waals surface area contributed by atoms with E-state index < -0.39 is 0 Å². The lowest BCUT2D eigenvalue weighted by Crippen LogP contribution is -2.39. The van der Waals surface area contributed by atoms with Crippen molar-refractivity contribution in [2.75, 3.05) is 43.1 Å². The van der Waals surface area contributed by atoms with Crippen LogP contribution < -0.4 is 10.2 Å². The molecule has 3 heterocycles. The fourth-order valence-corrected chi connectivity index (χ4v) is 4.81. The summed E-state index contributed by atoms with van der Waals surface area (Å²) in [4.78, 5) is 17.4. The quantitative estimate of drug-likeness (QED) is 0.852. The van der Waals surface area contributed by atoms with E-state index in [9.17, 15) is 4.79 Å². The highest BCUT2D eigenvalue weighted by molar-refractivity contribution is 5.86. The maximum absolute atomic E-state index is 12.2. The second kappa shape index (κ2) is 8.70. The van der Waals surface area contributed by atoms with Crippen molar-refractivity contribution in [3.63, 3.8) is 0 Å². The highest BCUT2D eigenvalue weighted by atomic mass is 16.6. The first kappa shape index (κ1) is 19.5. The number of likely N-dealkylation sites (tertiary alicyclic amines) is 1. The molecule has 1 N–H and O–H groups in total. The van der Waals surface area contributed by atoms with Crippen LogP contribution in [0.1, 0.15) is 44.6 Å². The zero-order chi connectivity index (χ0) is 19.5. The monoisotopic (exact) mass is 387 g/mol. The van der Waals surface area contributed by atoms with Crippen LogP contribution in [0.2, 0.25) is 0 Å². The maximum atomic E-state index is 12.2. The van der Waals surface area contributed by atoms with Crippen LogP contribution in [-0.4, -0.2) is 62.0 Å². The van der Waals surface area contributed by atoms with Crippen molar-refractivity contribution >= 4 is 17.5 Å². The Morgan fingerprint density at radius 1 is 1.18 bits per heavy atom. The Balaban J connectivity index is 1.33. The van der Waals surface area contributed by atoms with Gasteiger partial charge in [-0.3, -0.25) is 10.2 Å². The fourth-order valence-electron chi connectivity index (χ4n) is 4.81. The summed E-state index contributed by atoms with van der Waals surface area (Å²) in [6.45, 7) is 9.19. The van der Waals surface area contributed by atoms with Gasteiger partial charge in [-0.1, -0.05) is 0 Å². The van der Waals surface area contributed by atoms with Gasteiger partial charge in [0, 0.05) is 49.4 Å². The van der Waals surface area contributed by atoms with E-state index in [0.29, 0.717) is 19.3 Å². The van der Waals surface area contributed by atoms with Gasteiger partial charge in [0.25, 0.3) is 0 Å².